The summed E-state index contributed by atoms with van der Waals surface area (Å²) in [5.41, 5.74) is 0. The van der Waals surface area contributed by atoms with E-state index in [1.54, 1.807) is 0 Å². The predicted octanol–water partition coefficient (Wildman–Crippen LogP) is 4.43. The van der Waals surface area contributed by atoms with Gasteiger partial charge in [0.1, 0.15) is 0 Å². The Hall–Kier alpha value is -0.240. The molecule has 0 saturated carbocycles. The molecular weight excluding hydrogens is 238 g/mol. The third-order valence-electron chi connectivity index (χ3n) is 2.44. The van der Waals surface area contributed by atoms with Crippen molar-refractivity contribution in [2.24, 2.45) is 0 Å². The van der Waals surface area contributed by atoms with Gasteiger partial charge in [-0.25, -0.2) is 0 Å². The average Bonchev–Trinajstić information content (AvgIpc) is 2.63. The number of hydrogen-bond acceptors (Lipinski definition) is 0. The second-order valence-electron chi connectivity index (χ2n) is 3.69. The zero-order chi connectivity index (χ0) is 9.36. The van der Waals surface area contributed by atoms with E-state index in [0.29, 0.717) is 0 Å². The van der Waals surface area contributed by atoms with Gasteiger partial charge in [-0.2, -0.15) is 0 Å². The normalized spacial score (nSPS) is 9.79. The number of aryl methyl sites for hydroxylation is 1. The van der Waals surface area contributed by atoms with Crippen LogP contribution in [-0.4, -0.2) is 4.57 Å². The van der Waals surface area contributed by atoms with Crippen molar-refractivity contribution in [1.82, 2.24) is 4.57 Å². The summed E-state index contributed by atoms with van der Waals surface area (Å²) in [6.45, 7) is 3.46. The fourth-order valence-electron chi connectivity index (χ4n) is 1.59. The fourth-order valence-corrected chi connectivity index (χ4v) is 1.59. The maximum atomic E-state index is 2.26. The van der Waals surface area contributed by atoms with Crippen molar-refractivity contribution in [3.05, 3.63) is 24.5 Å². The van der Waals surface area contributed by atoms with Crippen molar-refractivity contribution in [2.45, 2.75) is 52.0 Å². The topological polar surface area (TPSA) is 4.93 Å². The molecule has 0 atom stereocenters. The first kappa shape index (κ1) is 13.8. The molecular formula is C12H22BrN. The van der Waals surface area contributed by atoms with Crippen LogP contribution in [-0.2, 0) is 6.54 Å². The molecule has 0 aliphatic heterocycles. The first-order chi connectivity index (χ1) is 6.43. The molecule has 0 saturated heterocycles. The van der Waals surface area contributed by atoms with Crippen molar-refractivity contribution >= 4 is 17.0 Å². The molecule has 0 unspecified atom stereocenters. The monoisotopic (exact) mass is 259 g/mol. The Kier molecular flexibility index (Phi) is 9.16. The first-order valence-corrected chi connectivity index (χ1v) is 5.54. The second kappa shape index (κ2) is 9.32. The molecule has 0 N–H and O–H groups in total. The summed E-state index contributed by atoms with van der Waals surface area (Å²) in [6.07, 6.45) is 12.6. The molecule has 1 aromatic rings. The minimum atomic E-state index is 0. The number of nitrogens with zero attached hydrogens (tertiary/aromatic N) is 1. The summed E-state index contributed by atoms with van der Waals surface area (Å²) in [6, 6.07) is 4.19. The maximum absolute atomic E-state index is 2.26. The molecule has 2 heteroatoms. The van der Waals surface area contributed by atoms with Crippen molar-refractivity contribution in [1.29, 1.82) is 0 Å². The highest BCUT2D eigenvalue weighted by molar-refractivity contribution is 8.93. The van der Waals surface area contributed by atoms with E-state index >= 15 is 0 Å². The van der Waals surface area contributed by atoms with Crippen LogP contribution < -0.4 is 0 Å². The molecule has 0 radical (unpaired) electrons. The molecule has 0 bridgehead atoms. The highest BCUT2D eigenvalue weighted by Gasteiger charge is 1.90. The molecule has 14 heavy (non-hydrogen) atoms. The molecule has 0 aliphatic rings. The standard InChI is InChI=1S/C12H21N.BrH/c1-2-3-4-5-6-7-10-13-11-8-9-12-13;/h8-9,11-12H,2-7,10H2,1H3;1H. The van der Waals surface area contributed by atoms with Crippen LogP contribution in [0.2, 0.25) is 0 Å². The number of rotatable bonds is 7. The molecule has 1 heterocycles. The Balaban J connectivity index is 0.00000169. The van der Waals surface area contributed by atoms with Gasteiger partial charge >= 0.3 is 0 Å². The van der Waals surface area contributed by atoms with Gasteiger partial charge in [0, 0.05) is 18.9 Å². The van der Waals surface area contributed by atoms with Gasteiger partial charge < -0.3 is 4.57 Å². The van der Waals surface area contributed by atoms with Crippen LogP contribution in [0, 0.1) is 0 Å². The van der Waals surface area contributed by atoms with Gasteiger partial charge in [-0.3, -0.25) is 0 Å². The second-order valence-corrected chi connectivity index (χ2v) is 3.69. The van der Waals surface area contributed by atoms with Crippen LogP contribution in [0.5, 0.6) is 0 Å². The highest BCUT2D eigenvalue weighted by atomic mass is 79.9. The van der Waals surface area contributed by atoms with E-state index in [-0.39, 0.29) is 17.0 Å². The summed E-state index contributed by atoms with van der Waals surface area (Å²) in [4.78, 5) is 0. The average molecular weight is 260 g/mol. The van der Waals surface area contributed by atoms with Gasteiger partial charge in [-0.1, -0.05) is 39.0 Å². The summed E-state index contributed by atoms with van der Waals surface area (Å²) in [5.74, 6) is 0. The van der Waals surface area contributed by atoms with E-state index in [9.17, 15) is 0 Å². The highest BCUT2D eigenvalue weighted by Crippen LogP contribution is 2.06. The van der Waals surface area contributed by atoms with Crippen LogP contribution in [0.15, 0.2) is 24.5 Å². The van der Waals surface area contributed by atoms with E-state index in [0.717, 1.165) is 0 Å². The molecule has 0 aromatic carbocycles. The molecule has 0 spiro atoms. The van der Waals surface area contributed by atoms with Crippen LogP contribution in [0.1, 0.15) is 45.4 Å². The Morgan fingerprint density at radius 3 is 2.07 bits per heavy atom. The number of hydrogen-bond donors (Lipinski definition) is 0. The van der Waals surface area contributed by atoms with Gasteiger partial charge in [-0.05, 0) is 18.6 Å². The SMILES string of the molecule is Br.CCCCCCCCn1cccc1. The molecule has 1 rings (SSSR count). The van der Waals surface area contributed by atoms with Crippen LogP contribution in [0.3, 0.4) is 0 Å². The Morgan fingerprint density at radius 1 is 0.857 bits per heavy atom. The Labute approximate surface area is 98.3 Å². The van der Waals surface area contributed by atoms with Gasteiger partial charge in [-0.15, -0.1) is 17.0 Å². The molecule has 0 fully saturated rings. The van der Waals surface area contributed by atoms with Gasteiger partial charge in [0.15, 0.2) is 0 Å². The van der Waals surface area contributed by atoms with E-state index in [1.165, 1.54) is 45.1 Å². The lowest BCUT2D eigenvalue weighted by atomic mass is 10.1. The lowest BCUT2D eigenvalue weighted by Crippen LogP contribution is -1.93. The molecule has 1 nitrogen and oxygen atoms in total. The number of halogens is 1. The maximum Gasteiger partial charge on any atom is 0.0219 e. The first-order valence-electron chi connectivity index (χ1n) is 5.54. The summed E-state index contributed by atoms with van der Waals surface area (Å²) < 4.78 is 2.26. The zero-order valence-corrected chi connectivity index (χ0v) is 10.8. The van der Waals surface area contributed by atoms with Crippen molar-refractivity contribution in [2.75, 3.05) is 0 Å². The fraction of sp³-hybridized carbons (Fsp3) is 0.667. The minimum Gasteiger partial charge on any atom is -0.354 e. The van der Waals surface area contributed by atoms with Crippen molar-refractivity contribution in [3.8, 4) is 0 Å². The zero-order valence-electron chi connectivity index (χ0n) is 9.11. The van der Waals surface area contributed by atoms with Gasteiger partial charge in [0.05, 0.1) is 0 Å². The van der Waals surface area contributed by atoms with Crippen LogP contribution >= 0.6 is 17.0 Å². The van der Waals surface area contributed by atoms with Crippen LogP contribution in [0.4, 0.5) is 0 Å². The molecule has 1 aromatic heterocycles. The van der Waals surface area contributed by atoms with Gasteiger partial charge in [0.25, 0.3) is 0 Å². The molecule has 0 aliphatic carbocycles. The summed E-state index contributed by atoms with van der Waals surface area (Å²) >= 11 is 0. The van der Waals surface area contributed by atoms with E-state index < -0.39 is 0 Å². The Bertz CT molecular complexity index is 194. The number of unbranched alkanes of at least 4 members (excludes halogenated alkanes) is 5. The minimum absolute atomic E-state index is 0. The third-order valence-corrected chi connectivity index (χ3v) is 2.44. The van der Waals surface area contributed by atoms with E-state index in [2.05, 4.69) is 36.0 Å². The summed E-state index contributed by atoms with van der Waals surface area (Å²) in [7, 11) is 0. The number of aromatic nitrogens is 1. The molecule has 0 amide bonds. The quantitative estimate of drug-likeness (QED) is 0.639. The van der Waals surface area contributed by atoms with E-state index in [4.69, 9.17) is 0 Å². The largest absolute Gasteiger partial charge is 0.354 e. The van der Waals surface area contributed by atoms with Gasteiger partial charge in [0.2, 0.25) is 0 Å². The third kappa shape index (κ3) is 6.25. The van der Waals surface area contributed by atoms with Crippen molar-refractivity contribution < 1.29 is 0 Å². The van der Waals surface area contributed by atoms with Crippen molar-refractivity contribution in [3.63, 3.8) is 0 Å². The lowest BCUT2D eigenvalue weighted by molar-refractivity contribution is 0.559. The van der Waals surface area contributed by atoms with Crippen LogP contribution in [0.25, 0.3) is 0 Å². The Morgan fingerprint density at radius 2 is 1.43 bits per heavy atom. The summed E-state index contributed by atoms with van der Waals surface area (Å²) in [5, 5.41) is 0. The smallest absolute Gasteiger partial charge is 0.0219 e. The predicted molar refractivity (Wildman–Crippen MR) is 68.1 cm³/mol. The lowest BCUT2D eigenvalue weighted by Gasteiger charge is -2.02. The van der Waals surface area contributed by atoms with E-state index in [1.807, 2.05) is 0 Å². The molecule has 82 valence electrons.